The number of aromatic nitrogens is 1. The quantitative estimate of drug-likeness (QED) is 0.202. The third-order valence-corrected chi connectivity index (χ3v) is 8.47. The fourth-order valence-corrected chi connectivity index (χ4v) is 5.33. The van der Waals surface area contributed by atoms with Gasteiger partial charge in [-0.1, -0.05) is 66.9 Å². The number of ether oxygens (including phenoxy) is 1. The molecule has 3 amide bonds. The Morgan fingerprint density at radius 2 is 1.85 bits per heavy atom. The lowest BCUT2D eigenvalue weighted by Crippen LogP contribution is -2.61. The van der Waals surface area contributed by atoms with Gasteiger partial charge in [0.05, 0.1) is 17.2 Å². The second-order valence-electron chi connectivity index (χ2n) is 12.3. The smallest absolute Gasteiger partial charge is 0.325 e. The Morgan fingerprint density at radius 1 is 1.13 bits per heavy atom. The molecule has 2 heterocycles. The molecule has 0 bridgehead atoms. The number of benzene rings is 1. The van der Waals surface area contributed by atoms with E-state index >= 15 is 0 Å². The summed E-state index contributed by atoms with van der Waals surface area (Å²) in [6.07, 6.45) is 6.98. The third-order valence-electron chi connectivity index (χ3n) is 8.14. The van der Waals surface area contributed by atoms with E-state index in [0.717, 1.165) is 16.3 Å². The van der Waals surface area contributed by atoms with E-state index in [-0.39, 0.29) is 11.8 Å². The van der Waals surface area contributed by atoms with Crippen molar-refractivity contribution in [1.29, 1.82) is 0 Å². The van der Waals surface area contributed by atoms with Gasteiger partial charge in [-0.05, 0) is 74.6 Å². The predicted molar refractivity (Wildman–Crippen MR) is 177 cm³/mol. The highest BCUT2D eigenvalue weighted by atomic mass is 35.6. The standard InChI is InChI=1S/C32H40Cl3N5O6/c1-18(2)26(27(42)37-19(3)28(43)40-13-5-6-25(39-40)29(44)46-17-32(33,34)35)38-30(45)31(11-12-31)10-9-24-15-23-14-21(20(4)41)7-8-22(23)16-36-24/h7-10,14-16,18-20,25-26,39,41H,5-6,11-13,17H2,1-4H3,(H,37,42)(H,38,45)/t19-,20+,25-,26-/m0/s1. The number of esters is 1. The molecule has 1 saturated heterocycles. The highest BCUT2D eigenvalue weighted by Crippen LogP contribution is 2.48. The van der Waals surface area contributed by atoms with Crippen molar-refractivity contribution in [2.24, 2.45) is 11.3 Å². The Balaban J connectivity index is 1.35. The Morgan fingerprint density at radius 3 is 2.48 bits per heavy atom. The summed E-state index contributed by atoms with van der Waals surface area (Å²) in [7, 11) is 0. The summed E-state index contributed by atoms with van der Waals surface area (Å²) in [5, 5.41) is 18.7. The number of hydrogen-bond acceptors (Lipinski definition) is 8. The fourth-order valence-electron chi connectivity index (χ4n) is 5.16. The number of aliphatic hydroxyl groups is 1. The van der Waals surface area contributed by atoms with E-state index in [1.807, 2.05) is 44.2 Å². The maximum Gasteiger partial charge on any atom is 0.325 e. The summed E-state index contributed by atoms with van der Waals surface area (Å²) in [6.45, 7) is 6.76. The number of halogens is 3. The zero-order valence-corrected chi connectivity index (χ0v) is 28.5. The molecule has 0 spiro atoms. The maximum absolute atomic E-state index is 13.4. The predicted octanol–water partition coefficient (Wildman–Crippen LogP) is 4.14. The molecule has 2 aliphatic rings. The SMILES string of the molecule is CC(C)[C@H](NC(=O)C1(C=Cc2cc3cc([C@@H](C)O)ccc3cn2)CC1)C(=O)N[C@@H](C)C(=O)N1CCC[C@@H](C(=O)OCC(Cl)(Cl)Cl)N1. The van der Waals surface area contributed by atoms with Gasteiger partial charge < -0.3 is 20.5 Å². The molecule has 0 unspecified atom stereocenters. The van der Waals surface area contributed by atoms with Gasteiger partial charge in [-0.2, -0.15) is 0 Å². The molecule has 250 valence electrons. The van der Waals surface area contributed by atoms with Crippen molar-refractivity contribution in [1.82, 2.24) is 26.1 Å². The van der Waals surface area contributed by atoms with Crippen molar-refractivity contribution in [2.75, 3.05) is 13.2 Å². The highest BCUT2D eigenvalue weighted by Gasteiger charge is 2.48. The number of carbonyl (C=O) groups excluding carboxylic acids is 4. The van der Waals surface area contributed by atoms with Crippen LogP contribution in [-0.2, 0) is 23.9 Å². The van der Waals surface area contributed by atoms with Gasteiger partial charge in [0.2, 0.25) is 15.6 Å². The molecular weight excluding hydrogens is 657 g/mol. The van der Waals surface area contributed by atoms with Crippen LogP contribution in [0, 0.1) is 11.3 Å². The first-order valence-electron chi connectivity index (χ1n) is 15.3. The molecule has 1 saturated carbocycles. The molecule has 4 N–H and O–H groups in total. The maximum atomic E-state index is 13.4. The van der Waals surface area contributed by atoms with Gasteiger partial charge in [0.25, 0.3) is 5.91 Å². The normalized spacial score (nSPS) is 19.8. The van der Waals surface area contributed by atoms with Gasteiger partial charge in [0.1, 0.15) is 24.7 Å². The molecule has 4 rings (SSSR count). The summed E-state index contributed by atoms with van der Waals surface area (Å²) < 4.78 is 3.28. The number of nitrogens with zero attached hydrogens (tertiary/aromatic N) is 2. The van der Waals surface area contributed by atoms with Gasteiger partial charge in [0.15, 0.2) is 0 Å². The molecule has 0 radical (unpaired) electrons. The van der Waals surface area contributed by atoms with E-state index in [0.29, 0.717) is 37.9 Å². The number of carbonyl (C=O) groups is 4. The van der Waals surface area contributed by atoms with E-state index in [4.69, 9.17) is 39.5 Å². The first-order chi connectivity index (χ1) is 21.6. The van der Waals surface area contributed by atoms with Crippen molar-refractivity contribution < 1.29 is 29.0 Å². The molecular formula is C32H40Cl3N5O6. The van der Waals surface area contributed by atoms with Crippen molar-refractivity contribution in [3.05, 3.63) is 47.8 Å². The number of aliphatic hydroxyl groups excluding tert-OH is 1. The monoisotopic (exact) mass is 695 g/mol. The van der Waals surface area contributed by atoms with Crippen LogP contribution >= 0.6 is 34.8 Å². The molecule has 1 aliphatic carbocycles. The Labute approximate surface area is 283 Å². The zero-order chi connectivity index (χ0) is 33.8. The fraction of sp³-hybridized carbons (Fsp3) is 0.531. The Hall–Kier alpha value is -2.96. The minimum absolute atomic E-state index is 0.263. The molecule has 46 heavy (non-hydrogen) atoms. The number of nitrogens with one attached hydrogen (secondary N) is 3. The molecule has 1 aromatic heterocycles. The van der Waals surface area contributed by atoms with Crippen LogP contribution in [0.5, 0.6) is 0 Å². The van der Waals surface area contributed by atoms with Crippen LogP contribution < -0.4 is 16.1 Å². The lowest BCUT2D eigenvalue weighted by molar-refractivity contribution is -0.152. The number of fused-ring (bicyclic) bond motifs is 1. The van der Waals surface area contributed by atoms with Gasteiger partial charge in [-0.25, -0.2) is 5.43 Å². The minimum atomic E-state index is -1.75. The molecule has 14 heteroatoms. The lowest BCUT2D eigenvalue weighted by atomic mass is 9.99. The van der Waals surface area contributed by atoms with Crippen LogP contribution in [0.3, 0.4) is 0 Å². The van der Waals surface area contributed by atoms with Gasteiger partial charge in [-0.3, -0.25) is 29.2 Å². The topological polar surface area (TPSA) is 150 Å². The van der Waals surface area contributed by atoms with E-state index < -0.39 is 57.8 Å². The minimum Gasteiger partial charge on any atom is -0.460 e. The summed E-state index contributed by atoms with van der Waals surface area (Å²) in [6, 6.07) is 4.94. The molecule has 1 aromatic carbocycles. The van der Waals surface area contributed by atoms with E-state index in [1.54, 1.807) is 19.2 Å². The van der Waals surface area contributed by atoms with E-state index in [9.17, 15) is 24.3 Å². The largest absolute Gasteiger partial charge is 0.460 e. The summed E-state index contributed by atoms with van der Waals surface area (Å²) in [5.74, 6) is -2.15. The first-order valence-corrected chi connectivity index (χ1v) is 16.4. The number of pyridine rings is 1. The van der Waals surface area contributed by atoms with Gasteiger partial charge in [0, 0.05) is 18.1 Å². The molecule has 4 atom stereocenters. The van der Waals surface area contributed by atoms with Crippen LogP contribution in [0.25, 0.3) is 16.8 Å². The van der Waals surface area contributed by atoms with Crippen LogP contribution in [-0.4, -0.2) is 73.9 Å². The van der Waals surface area contributed by atoms with Crippen LogP contribution in [0.15, 0.2) is 36.5 Å². The van der Waals surface area contributed by atoms with Crippen molar-refractivity contribution in [2.45, 2.75) is 81.4 Å². The second-order valence-corrected chi connectivity index (χ2v) is 14.9. The molecule has 11 nitrogen and oxygen atoms in total. The van der Waals surface area contributed by atoms with Crippen LogP contribution in [0.2, 0.25) is 0 Å². The summed E-state index contributed by atoms with van der Waals surface area (Å²) >= 11 is 17.0. The number of hydrogen-bond donors (Lipinski definition) is 4. The van der Waals surface area contributed by atoms with Crippen molar-refractivity contribution >= 4 is 75.3 Å². The summed E-state index contributed by atoms with van der Waals surface area (Å²) in [5.41, 5.74) is 3.55. The lowest BCUT2D eigenvalue weighted by Gasteiger charge is -2.34. The molecule has 1 aliphatic heterocycles. The number of hydrazine groups is 1. The first kappa shape index (κ1) is 35.9. The third kappa shape index (κ3) is 9.32. The Kier molecular flexibility index (Phi) is 11.6. The highest BCUT2D eigenvalue weighted by molar-refractivity contribution is 6.67. The Bertz CT molecular complexity index is 1490. The van der Waals surface area contributed by atoms with Crippen LogP contribution in [0.4, 0.5) is 0 Å². The van der Waals surface area contributed by atoms with Crippen LogP contribution in [0.1, 0.15) is 70.7 Å². The van der Waals surface area contributed by atoms with Gasteiger partial charge in [-0.15, -0.1) is 0 Å². The van der Waals surface area contributed by atoms with E-state index in [1.165, 1.54) is 11.9 Å². The second kappa shape index (κ2) is 14.9. The average molecular weight is 697 g/mol. The number of rotatable bonds is 11. The van der Waals surface area contributed by atoms with Crippen molar-refractivity contribution in [3.63, 3.8) is 0 Å². The average Bonchev–Trinajstić information content (AvgIpc) is 3.81. The number of amides is 3. The molecule has 2 fully saturated rings. The number of alkyl halides is 3. The zero-order valence-electron chi connectivity index (χ0n) is 26.2. The van der Waals surface area contributed by atoms with Crippen molar-refractivity contribution in [3.8, 4) is 0 Å². The van der Waals surface area contributed by atoms with Gasteiger partial charge >= 0.3 is 5.97 Å². The summed E-state index contributed by atoms with van der Waals surface area (Å²) in [4.78, 5) is 56.8. The van der Waals surface area contributed by atoms with E-state index in [2.05, 4.69) is 21.0 Å². The molecule has 2 aromatic rings.